The van der Waals surface area contributed by atoms with Crippen molar-refractivity contribution in [2.75, 3.05) is 13.7 Å². The monoisotopic (exact) mass is 273 g/mol. The predicted octanol–water partition coefficient (Wildman–Crippen LogP) is 3.73. The summed E-state index contributed by atoms with van der Waals surface area (Å²) in [6.07, 6.45) is 0.762. The van der Waals surface area contributed by atoms with Gasteiger partial charge in [-0.15, -0.1) is 0 Å². The maximum atomic E-state index is 13.3. The Morgan fingerprint density at radius 1 is 1.15 bits per heavy atom. The number of benzene rings is 2. The highest BCUT2D eigenvalue weighted by Crippen LogP contribution is 2.21. The molecule has 0 bridgehead atoms. The van der Waals surface area contributed by atoms with Crippen LogP contribution in [0.15, 0.2) is 48.5 Å². The van der Waals surface area contributed by atoms with E-state index in [1.165, 1.54) is 11.6 Å². The molecule has 0 spiro atoms. The van der Waals surface area contributed by atoms with E-state index in [0.717, 1.165) is 24.3 Å². The molecule has 2 aromatic rings. The molecule has 2 rings (SSSR count). The number of halogens is 1. The van der Waals surface area contributed by atoms with Crippen LogP contribution >= 0.6 is 0 Å². The highest BCUT2D eigenvalue weighted by Gasteiger charge is 2.11. The number of methoxy groups -OCH3 is 1. The molecule has 0 heterocycles. The predicted molar refractivity (Wildman–Crippen MR) is 79.5 cm³/mol. The van der Waals surface area contributed by atoms with Gasteiger partial charge in [0.15, 0.2) is 0 Å². The first-order valence-corrected chi connectivity index (χ1v) is 6.84. The van der Waals surface area contributed by atoms with Crippen molar-refractivity contribution in [2.24, 2.45) is 0 Å². The van der Waals surface area contributed by atoms with Crippen molar-refractivity contribution in [3.63, 3.8) is 0 Å². The van der Waals surface area contributed by atoms with Gasteiger partial charge < -0.3 is 10.1 Å². The minimum Gasteiger partial charge on any atom is -0.497 e. The third-order valence-electron chi connectivity index (χ3n) is 3.30. The van der Waals surface area contributed by atoms with Gasteiger partial charge in [-0.3, -0.25) is 0 Å². The third kappa shape index (κ3) is 3.81. The molecule has 1 unspecified atom stereocenters. The van der Waals surface area contributed by atoms with Crippen LogP contribution in [-0.2, 0) is 6.42 Å². The van der Waals surface area contributed by atoms with Crippen molar-refractivity contribution in [2.45, 2.75) is 19.4 Å². The fourth-order valence-corrected chi connectivity index (χ4v) is 2.29. The lowest BCUT2D eigenvalue weighted by molar-refractivity contribution is 0.414. The molecule has 2 nitrogen and oxygen atoms in total. The van der Waals surface area contributed by atoms with Crippen LogP contribution in [0.4, 0.5) is 4.39 Å². The molecule has 0 saturated carbocycles. The average Bonchev–Trinajstić information content (AvgIpc) is 2.47. The number of rotatable bonds is 6. The Morgan fingerprint density at radius 2 is 1.90 bits per heavy atom. The van der Waals surface area contributed by atoms with E-state index in [9.17, 15) is 4.39 Å². The molecular weight excluding hydrogens is 253 g/mol. The van der Waals surface area contributed by atoms with Gasteiger partial charge in [0.1, 0.15) is 11.6 Å². The molecule has 106 valence electrons. The number of hydrogen-bond donors (Lipinski definition) is 1. The molecule has 0 aliphatic rings. The maximum Gasteiger partial charge on any atom is 0.123 e. The fraction of sp³-hybridized carbons (Fsp3) is 0.294. The SMILES string of the molecule is CCNC(Cc1cccc(F)c1)c1ccc(OC)cc1. The van der Waals surface area contributed by atoms with Gasteiger partial charge >= 0.3 is 0 Å². The molecule has 0 aliphatic heterocycles. The van der Waals surface area contributed by atoms with Crippen LogP contribution in [0.2, 0.25) is 0 Å². The van der Waals surface area contributed by atoms with E-state index >= 15 is 0 Å². The first kappa shape index (κ1) is 14.5. The molecule has 20 heavy (non-hydrogen) atoms. The Hall–Kier alpha value is -1.87. The highest BCUT2D eigenvalue weighted by molar-refractivity contribution is 5.30. The number of hydrogen-bond acceptors (Lipinski definition) is 2. The van der Waals surface area contributed by atoms with E-state index in [0.29, 0.717) is 0 Å². The van der Waals surface area contributed by atoms with Gasteiger partial charge in [-0.1, -0.05) is 31.2 Å². The lowest BCUT2D eigenvalue weighted by atomic mass is 9.98. The molecule has 0 aromatic heterocycles. The van der Waals surface area contributed by atoms with Crippen molar-refractivity contribution in [3.05, 3.63) is 65.5 Å². The summed E-state index contributed by atoms with van der Waals surface area (Å²) >= 11 is 0. The van der Waals surface area contributed by atoms with Gasteiger partial charge in [-0.25, -0.2) is 4.39 Å². The summed E-state index contributed by atoms with van der Waals surface area (Å²) in [5.74, 6) is 0.655. The van der Waals surface area contributed by atoms with Crippen LogP contribution in [0.3, 0.4) is 0 Å². The zero-order valence-corrected chi connectivity index (χ0v) is 11.9. The normalized spacial score (nSPS) is 12.2. The maximum absolute atomic E-state index is 13.3. The number of likely N-dealkylation sites (N-methyl/N-ethyl adjacent to an activating group) is 1. The molecule has 0 saturated heterocycles. The van der Waals surface area contributed by atoms with E-state index in [4.69, 9.17) is 4.74 Å². The molecule has 0 radical (unpaired) electrons. The topological polar surface area (TPSA) is 21.3 Å². The summed E-state index contributed by atoms with van der Waals surface area (Å²) < 4.78 is 18.4. The molecule has 3 heteroatoms. The second-order valence-electron chi connectivity index (χ2n) is 4.72. The number of nitrogens with one attached hydrogen (secondary N) is 1. The summed E-state index contributed by atoms with van der Waals surface area (Å²) in [5, 5.41) is 3.44. The van der Waals surface area contributed by atoms with Gasteiger partial charge in [0.25, 0.3) is 0 Å². The van der Waals surface area contributed by atoms with Gasteiger partial charge in [-0.2, -0.15) is 0 Å². The molecule has 1 atom stereocenters. The van der Waals surface area contributed by atoms with Crippen LogP contribution in [0, 0.1) is 5.82 Å². The third-order valence-corrected chi connectivity index (χ3v) is 3.30. The Bertz CT molecular complexity index is 539. The first-order chi connectivity index (χ1) is 9.72. The van der Waals surface area contributed by atoms with E-state index in [2.05, 4.69) is 12.2 Å². The second-order valence-corrected chi connectivity index (χ2v) is 4.72. The Kier molecular flexibility index (Phi) is 5.13. The van der Waals surface area contributed by atoms with Crippen molar-refractivity contribution < 1.29 is 9.13 Å². The van der Waals surface area contributed by atoms with E-state index < -0.39 is 0 Å². The molecule has 0 fully saturated rings. The van der Waals surface area contributed by atoms with Crippen LogP contribution in [0.1, 0.15) is 24.1 Å². The summed E-state index contributed by atoms with van der Waals surface area (Å²) in [7, 11) is 1.66. The van der Waals surface area contributed by atoms with Crippen LogP contribution in [0.5, 0.6) is 5.75 Å². The highest BCUT2D eigenvalue weighted by atomic mass is 19.1. The second kappa shape index (κ2) is 7.06. The number of ether oxygens (including phenoxy) is 1. The van der Waals surface area contributed by atoms with Crippen LogP contribution in [-0.4, -0.2) is 13.7 Å². The van der Waals surface area contributed by atoms with Gasteiger partial charge in [-0.05, 0) is 48.4 Å². The minimum absolute atomic E-state index is 0.174. The average molecular weight is 273 g/mol. The first-order valence-electron chi connectivity index (χ1n) is 6.84. The largest absolute Gasteiger partial charge is 0.497 e. The molecule has 0 amide bonds. The zero-order chi connectivity index (χ0) is 14.4. The summed E-state index contributed by atoms with van der Waals surface area (Å²) in [6.45, 7) is 2.94. The lowest BCUT2D eigenvalue weighted by Crippen LogP contribution is -2.22. The van der Waals surface area contributed by atoms with Crippen molar-refractivity contribution in [1.82, 2.24) is 5.32 Å². The van der Waals surface area contributed by atoms with Crippen LogP contribution < -0.4 is 10.1 Å². The minimum atomic E-state index is -0.188. The summed E-state index contributed by atoms with van der Waals surface area (Å²) in [6, 6.07) is 14.9. The van der Waals surface area contributed by atoms with Crippen LogP contribution in [0.25, 0.3) is 0 Å². The molecule has 1 N–H and O–H groups in total. The zero-order valence-electron chi connectivity index (χ0n) is 11.9. The van der Waals surface area contributed by atoms with Gasteiger partial charge in [0.2, 0.25) is 0 Å². The van der Waals surface area contributed by atoms with Gasteiger partial charge in [0.05, 0.1) is 7.11 Å². The summed E-state index contributed by atoms with van der Waals surface area (Å²) in [5.41, 5.74) is 2.17. The summed E-state index contributed by atoms with van der Waals surface area (Å²) in [4.78, 5) is 0. The van der Waals surface area contributed by atoms with Crippen molar-refractivity contribution in [1.29, 1.82) is 0 Å². The van der Waals surface area contributed by atoms with E-state index in [1.807, 2.05) is 30.3 Å². The van der Waals surface area contributed by atoms with Gasteiger partial charge in [0, 0.05) is 6.04 Å². The van der Waals surface area contributed by atoms with E-state index in [-0.39, 0.29) is 11.9 Å². The Balaban J connectivity index is 2.17. The smallest absolute Gasteiger partial charge is 0.123 e. The Labute approximate surface area is 119 Å². The van der Waals surface area contributed by atoms with Crippen molar-refractivity contribution in [3.8, 4) is 5.75 Å². The fourth-order valence-electron chi connectivity index (χ4n) is 2.29. The standard InChI is InChI=1S/C17H20FNO/c1-3-19-17(12-13-5-4-6-15(18)11-13)14-7-9-16(20-2)10-8-14/h4-11,17,19H,3,12H2,1-2H3. The quantitative estimate of drug-likeness (QED) is 0.866. The molecular formula is C17H20FNO. The van der Waals surface area contributed by atoms with E-state index in [1.54, 1.807) is 19.2 Å². The molecule has 2 aromatic carbocycles. The Morgan fingerprint density at radius 3 is 2.50 bits per heavy atom. The lowest BCUT2D eigenvalue weighted by Gasteiger charge is -2.19. The van der Waals surface area contributed by atoms with Crippen molar-refractivity contribution >= 4 is 0 Å². The molecule has 0 aliphatic carbocycles.